The molecule has 0 radical (unpaired) electrons. The zero-order valence-electron chi connectivity index (χ0n) is 13.8. The summed E-state index contributed by atoms with van der Waals surface area (Å²) >= 11 is 0. The van der Waals surface area contributed by atoms with E-state index in [9.17, 15) is 4.79 Å². The largest absolute Gasteiger partial charge is 0.378 e. The predicted octanol–water partition coefficient (Wildman–Crippen LogP) is 3.60. The van der Waals surface area contributed by atoms with Gasteiger partial charge in [0.25, 0.3) is 0 Å². The van der Waals surface area contributed by atoms with Crippen LogP contribution < -0.4 is 10.6 Å². The fraction of sp³-hybridized carbons (Fsp3) is 0.450. The van der Waals surface area contributed by atoms with E-state index in [1.807, 2.05) is 12.1 Å². The normalized spacial score (nSPS) is 23.8. The van der Waals surface area contributed by atoms with E-state index in [-0.39, 0.29) is 12.1 Å². The smallest absolute Gasteiger partial charge is 0.315 e. The van der Waals surface area contributed by atoms with Gasteiger partial charge in [-0.3, -0.25) is 0 Å². The van der Waals surface area contributed by atoms with Crippen molar-refractivity contribution in [1.29, 1.82) is 0 Å². The van der Waals surface area contributed by atoms with Crippen molar-refractivity contribution in [2.45, 2.75) is 44.4 Å². The molecular weight excluding hydrogens is 300 g/mol. The molecular formula is C20H24N2O2. The van der Waals surface area contributed by atoms with Gasteiger partial charge in [-0.1, -0.05) is 36.4 Å². The molecule has 2 aromatic rings. The number of nitrogens with one attached hydrogen (secondary N) is 2. The first-order valence-electron chi connectivity index (χ1n) is 8.91. The van der Waals surface area contributed by atoms with Gasteiger partial charge in [-0.05, 0) is 54.0 Å². The Balaban J connectivity index is 1.29. The van der Waals surface area contributed by atoms with Gasteiger partial charge in [0.15, 0.2) is 0 Å². The second kappa shape index (κ2) is 6.81. The summed E-state index contributed by atoms with van der Waals surface area (Å²) in [5, 5.41) is 8.51. The Hall–Kier alpha value is -2.07. The summed E-state index contributed by atoms with van der Waals surface area (Å²) in [5.74, 6) is 0.732. The van der Waals surface area contributed by atoms with E-state index in [0.717, 1.165) is 30.9 Å². The Morgan fingerprint density at radius 2 is 1.92 bits per heavy atom. The first-order valence-corrected chi connectivity index (χ1v) is 8.91. The third-order valence-electron chi connectivity index (χ3n) is 5.07. The molecule has 126 valence electrons. The minimum absolute atomic E-state index is 0.0791. The van der Waals surface area contributed by atoms with Crippen LogP contribution in [0.2, 0.25) is 0 Å². The van der Waals surface area contributed by atoms with Gasteiger partial charge in [-0.2, -0.15) is 0 Å². The van der Waals surface area contributed by atoms with Gasteiger partial charge in [0, 0.05) is 19.2 Å². The van der Waals surface area contributed by atoms with Crippen molar-refractivity contribution < 1.29 is 9.53 Å². The van der Waals surface area contributed by atoms with Crippen molar-refractivity contribution in [1.82, 2.24) is 10.6 Å². The molecule has 2 N–H and O–H groups in total. The van der Waals surface area contributed by atoms with E-state index >= 15 is 0 Å². The molecule has 1 saturated heterocycles. The van der Waals surface area contributed by atoms with E-state index < -0.39 is 0 Å². The van der Waals surface area contributed by atoms with E-state index in [2.05, 4.69) is 41.0 Å². The van der Waals surface area contributed by atoms with Crippen LogP contribution in [-0.2, 0) is 11.3 Å². The molecule has 0 unspecified atom stereocenters. The lowest BCUT2D eigenvalue weighted by atomic mass is 10.0. The molecule has 0 aromatic heterocycles. The van der Waals surface area contributed by atoms with E-state index in [4.69, 9.17) is 4.74 Å². The SMILES string of the molecule is O=C(NCc1ccc2ccccc2c1)N[C@H]1CCO[C@@H](C2CC2)C1. The highest BCUT2D eigenvalue weighted by Gasteiger charge is 2.36. The average molecular weight is 324 g/mol. The van der Waals surface area contributed by atoms with Crippen LogP contribution >= 0.6 is 0 Å². The molecule has 2 aromatic carbocycles. The van der Waals surface area contributed by atoms with Crippen molar-refractivity contribution in [3.8, 4) is 0 Å². The van der Waals surface area contributed by atoms with Crippen LogP contribution in [0, 0.1) is 5.92 Å². The van der Waals surface area contributed by atoms with Crippen LogP contribution in [0.25, 0.3) is 10.8 Å². The lowest BCUT2D eigenvalue weighted by Gasteiger charge is -2.30. The first kappa shape index (κ1) is 15.5. The van der Waals surface area contributed by atoms with Crippen LogP contribution in [-0.4, -0.2) is 24.8 Å². The quantitative estimate of drug-likeness (QED) is 0.903. The summed E-state index contributed by atoms with van der Waals surface area (Å²) in [5.41, 5.74) is 1.12. The number of carbonyl (C=O) groups is 1. The van der Waals surface area contributed by atoms with Crippen LogP contribution in [0.5, 0.6) is 0 Å². The molecule has 1 heterocycles. The highest BCUT2D eigenvalue weighted by Crippen LogP contribution is 2.38. The number of fused-ring (bicyclic) bond motifs is 1. The Kier molecular flexibility index (Phi) is 4.39. The Bertz CT molecular complexity index is 726. The second-order valence-electron chi connectivity index (χ2n) is 6.98. The molecule has 1 saturated carbocycles. The number of benzene rings is 2. The van der Waals surface area contributed by atoms with Crippen molar-refractivity contribution in [3.05, 3.63) is 48.0 Å². The maximum atomic E-state index is 12.2. The topological polar surface area (TPSA) is 50.4 Å². The van der Waals surface area contributed by atoms with Crippen LogP contribution in [0.4, 0.5) is 4.79 Å². The van der Waals surface area contributed by atoms with E-state index in [1.54, 1.807) is 0 Å². The summed E-state index contributed by atoms with van der Waals surface area (Å²) in [6, 6.07) is 14.7. The van der Waals surface area contributed by atoms with Crippen LogP contribution in [0.15, 0.2) is 42.5 Å². The van der Waals surface area contributed by atoms with Crippen LogP contribution in [0.1, 0.15) is 31.2 Å². The zero-order chi connectivity index (χ0) is 16.4. The van der Waals surface area contributed by atoms with E-state index in [0.29, 0.717) is 12.6 Å². The third kappa shape index (κ3) is 3.70. The summed E-state index contributed by atoms with van der Waals surface area (Å²) in [7, 11) is 0. The first-order chi connectivity index (χ1) is 11.8. The maximum absolute atomic E-state index is 12.2. The molecule has 4 rings (SSSR count). The summed E-state index contributed by atoms with van der Waals surface area (Å²) in [6.07, 6.45) is 4.78. The Morgan fingerprint density at radius 1 is 1.08 bits per heavy atom. The summed E-state index contributed by atoms with van der Waals surface area (Å²) in [6.45, 7) is 1.31. The predicted molar refractivity (Wildman–Crippen MR) is 94.8 cm³/mol. The number of amides is 2. The molecule has 0 spiro atoms. The maximum Gasteiger partial charge on any atom is 0.315 e. The van der Waals surface area contributed by atoms with Gasteiger partial charge in [-0.15, -0.1) is 0 Å². The number of carbonyl (C=O) groups excluding carboxylic acids is 1. The molecule has 24 heavy (non-hydrogen) atoms. The fourth-order valence-electron chi connectivity index (χ4n) is 3.52. The molecule has 2 atom stereocenters. The zero-order valence-corrected chi connectivity index (χ0v) is 13.8. The number of ether oxygens (including phenoxy) is 1. The highest BCUT2D eigenvalue weighted by atomic mass is 16.5. The Morgan fingerprint density at radius 3 is 2.75 bits per heavy atom. The van der Waals surface area contributed by atoms with Gasteiger partial charge < -0.3 is 15.4 Å². The third-order valence-corrected chi connectivity index (χ3v) is 5.07. The molecule has 2 amide bonds. The molecule has 2 aliphatic rings. The monoisotopic (exact) mass is 324 g/mol. The molecule has 0 bridgehead atoms. The van der Waals surface area contributed by atoms with Crippen molar-refractivity contribution in [2.24, 2.45) is 5.92 Å². The van der Waals surface area contributed by atoms with Gasteiger partial charge in [-0.25, -0.2) is 4.79 Å². The lowest BCUT2D eigenvalue weighted by Crippen LogP contribution is -2.46. The minimum atomic E-state index is -0.0791. The number of urea groups is 1. The second-order valence-corrected chi connectivity index (χ2v) is 6.98. The molecule has 1 aliphatic carbocycles. The average Bonchev–Trinajstić information content (AvgIpc) is 3.45. The molecule has 4 heteroatoms. The Labute approximate surface area is 142 Å². The van der Waals surface area contributed by atoms with Gasteiger partial charge in [0.2, 0.25) is 0 Å². The summed E-state index contributed by atoms with van der Waals surface area (Å²) in [4.78, 5) is 12.2. The summed E-state index contributed by atoms with van der Waals surface area (Å²) < 4.78 is 5.81. The molecule has 4 nitrogen and oxygen atoms in total. The highest BCUT2D eigenvalue weighted by molar-refractivity contribution is 5.83. The van der Waals surface area contributed by atoms with E-state index in [1.165, 1.54) is 23.6 Å². The number of hydrogen-bond donors (Lipinski definition) is 2. The standard InChI is InChI=1S/C20H24N2O2/c23-20(22-18-9-10-24-19(12-18)16-7-8-16)21-13-14-5-6-15-3-1-2-4-17(15)11-14/h1-6,11,16,18-19H,7-10,12-13H2,(H2,21,22,23)/t18-,19+/m0/s1. The van der Waals surface area contributed by atoms with Gasteiger partial charge in [0.05, 0.1) is 6.10 Å². The minimum Gasteiger partial charge on any atom is -0.378 e. The van der Waals surface area contributed by atoms with Gasteiger partial charge >= 0.3 is 6.03 Å². The molecule has 1 aliphatic heterocycles. The van der Waals surface area contributed by atoms with Gasteiger partial charge in [0.1, 0.15) is 0 Å². The number of hydrogen-bond acceptors (Lipinski definition) is 2. The number of rotatable bonds is 4. The van der Waals surface area contributed by atoms with Crippen molar-refractivity contribution >= 4 is 16.8 Å². The van der Waals surface area contributed by atoms with Crippen LogP contribution in [0.3, 0.4) is 0 Å². The molecule has 2 fully saturated rings. The van der Waals surface area contributed by atoms with Crippen molar-refractivity contribution in [2.75, 3.05) is 6.61 Å². The lowest BCUT2D eigenvalue weighted by molar-refractivity contribution is -0.00914. The fourth-order valence-corrected chi connectivity index (χ4v) is 3.52. The van der Waals surface area contributed by atoms with Crippen molar-refractivity contribution in [3.63, 3.8) is 0 Å².